The Morgan fingerprint density at radius 3 is 2.77 bits per heavy atom. The van der Waals surface area contributed by atoms with Crippen molar-refractivity contribution in [3.05, 3.63) is 18.1 Å². The number of nitrogens with zero attached hydrogens (tertiary/aromatic N) is 2. The maximum Gasteiger partial charge on any atom is 0.235 e. The summed E-state index contributed by atoms with van der Waals surface area (Å²) in [7, 11) is 1.89. The molecule has 1 unspecified atom stereocenters. The van der Waals surface area contributed by atoms with Gasteiger partial charge >= 0.3 is 0 Å². The zero-order chi connectivity index (χ0) is 9.68. The highest BCUT2D eigenvalue weighted by Gasteiger charge is 2.06. The van der Waals surface area contributed by atoms with Gasteiger partial charge < -0.3 is 10.1 Å². The summed E-state index contributed by atoms with van der Waals surface area (Å²) in [6, 6.07) is 0. The zero-order valence-electron chi connectivity index (χ0n) is 8.24. The summed E-state index contributed by atoms with van der Waals surface area (Å²) < 4.78 is 5.55. The first kappa shape index (κ1) is 9.92. The third-order valence-corrected chi connectivity index (χ3v) is 1.64. The summed E-state index contributed by atoms with van der Waals surface area (Å²) in [5.41, 5.74) is 0.824. The van der Waals surface area contributed by atoms with Gasteiger partial charge in [-0.1, -0.05) is 0 Å². The summed E-state index contributed by atoms with van der Waals surface area (Å²) in [4.78, 5) is 8.17. The van der Waals surface area contributed by atoms with Crippen molar-refractivity contribution in [2.75, 3.05) is 13.6 Å². The molecule has 1 aromatic rings. The van der Waals surface area contributed by atoms with E-state index in [2.05, 4.69) is 15.3 Å². The Kier molecular flexibility index (Phi) is 3.64. The van der Waals surface area contributed by atoms with Crippen LogP contribution in [0.5, 0.6) is 5.88 Å². The smallest absolute Gasteiger partial charge is 0.235 e. The molecule has 0 fully saturated rings. The molecule has 0 aromatic carbocycles. The van der Waals surface area contributed by atoms with Crippen molar-refractivity contribution in [1.82, 2.24) is 15.3 Å². The third-order valence-electron chi connectivity index (χ3n) is 1.64. The van der Waals surface area contributed by atoms with Crippen LogP contribution in [0.1, 0.15) is 12.6 Å². The molecular formula is C9H15N3O. The highest BCUT2D eigenvalue weighted by atomic mass is 16.5. The molecule has 1 aromatic heterocycles. The van der Waals surface area contributed by atoms with E-state index < -0.39 is 0 Å². The molecule has 4 heteroatoms. The Labute approximate surface area is 78.4 Å². The molecule has 1 heterocycles. The van der Waals surface area contributed by atoms with Crippen LogP contribution in [0.4, 0.5) is 0 Å². The molecule has 13 heavy (non-hydrogen) atoms. The Balaban J connectivity index is 2.58. The number of ether oxygens (including phenoxy) is 1. The van der Waals surface area contributed by atoms with Crippen LogP contribution in [-0.4, -0.2) is 29.7 Å². The number of hydrogen-bond acceptors (Lipinski definition) is 4. The first-order valence-corrected chi connectivity index (χ1v) is 4.33. The normalized spacial score (nSPS) is 12.5. The standard InChI is InChI=1S/C9H15N3O/c1-7(6-10-3)13-9-8(2)11-4-5-12-9/h4-5,7,10H,6H2,1-3H3. The predicted molar refractivity (Wildman–Crippen MR) is 50.8 cm³/mol. The quantitative estimate of drug-likeness (QED) is 0.745. The van der Waals surface area contributed by atoms with Crippen LogP contribution in [0.25, 0.3) is 0 Å². The van der Waals surface area contributed by atoms with Crippen LogP contribution in [0.15, 0.2) is 12.4 Å². The van der Waals surface area contributed by atoms with Crippen molar-refractivity contribution in [2.45, 2.75) is 20.0 Å². The second kappa shape index (κ2) is 4.77. The van der Waals surface area contributed by atoms with Gasteiger partial charge in [0.05, 0.1) is 5.69 Å². The van der Waals surface area contributed by atoms with Crippen LogP contribution in [0.2, 0.25) is 0 Å². The Hall–Kier alpha value is -1.16. The second-order valence-electron chi connectivity index (χ2n) is 2.93. The molecule has 1 atom stereocenters. The lowest BCUT2D eigenvalue weighted by Gasteiger charge is -2.13. The first-order valence-electron chi connectivity index (χ1n) is 4.33. The van der Waals surface area contributed by atoms with Gasteiger partial charge in [-0.25, -0.2) is 4.98 Å². The average molecular weight is 181 g/mol. The molecule has 1 rings (SSSR count). The molecule has 4 nitrogen and oxygen atoms in total. The summed E-state index contributed by atoms with van der Waals surface area (Å²) in [6.07, 6.45) is 3.40. The number of rotatable bonds is 4. The van der Waals surface area contributed by atoms with Gasteiger partial charge in [0, 0.05) is 18.9 Å². The third kappa shape index (κ3) is 2.99. The number of hydrogen-bond donors (Lipinski definition) is 1. The SMILES string of the molecule is CNCC(C)Oc1nccnc1C. The van der Waals surface area contributed by atoms with Gasteiger partial charge in [0.1, 0.15) is 6.10 Å². The minimum atomic E-state index is 0.111. The van der Waals surface area contributed by atoms with Crippen LogP contribution in [0.3, 0.4) is 0 Å². The fraction of sp³-hybridized carbons (Fsp3) is 0.556. The molecule has 1 N–H and O–H groups in total. The van der Waals surface area contributed by atoms with Gasteiger partial charge in [0.15, 0.2) is 0 Å². The van der Waals surface area contributed by atoms with Gasteiger partial charge in [-0.3, -0.25) is 4.98 Å². The van der Waals surface area contributed by atoms with E-state index >= 15 is 0 Å². The number of nitrogens with one attached hydrogen (secondary N) is 1. The number of likely N-dealkylation sites (N-methyl/N-ethyl adjacent to an activating group) is 1. The fourth-order valence-electron chi connectivity index (χ4n) is 1.03. The first-order chi connectivity index (χ1) is 6.24. The highest BCUT2D eigenvalue weighted by molar-refractivity contribution is 5.15. The molecule has 0 aliphatic heterocycles. The van der Waals surface area contributed by atoms with E-state index in [-0.39, 0.29) is 6.10 Å². The molecule has 0 amide bonds. The van der Waals surface area contributed by atoms with Crippen molar-refractivity contribution in [3.8, 4) is 5.88 Å². The monoisotopic (exact) mass is 181 g/mol. The van der Waals surface area contributed by atoms with Crippen molar-refractivity contribution < 1.29 is 4.74 Å². The molecule has 0 saturated heterocycles. The van der Waals surface area contributed by atoms with Crippen molar-refractivity contribution >= 4 is 0 Å². The Morgan fingerprint density at radius 1 is 1.46 bits per heavy atom. The molecule has 0 radical (unpaired) electrons. The van der Waals surface area contributed by atoms with Crippen LogP contribution in [0, 0.1) is 6.92 Å². The van der Waals surface area contributed by atoms with E-state index in [9.17, 15) is 0 Å². The molecule has 0 bridgehead atoms. The van der Waals surface area contributed by atoms with Crippen LogP contribution >= 0.6 is 0 Å². The summed E-state index contributed by atoms with van der Waals surface area (Å²) in [5, 5.41) is 3.03. The summed E-state index contributed by atoms with van der Waals surface area (Å²) in [6.45, 7) is 4.68. The summed E-state index contributed by atoms with van der Waals surface area (Å²) >= 11 is 0. The largest absolute Gasteiger partial charge is 0.472 e. The van der Waals surface area contributed by atoms with Gasteiger partial charge in [0.2, 0.25) is 5.88 Å². The minimum absolute atomic E-state index is 0.111. The lowest BCUT2D eigenvalue weighted by atomic mass is 10.4. The van der Waals surface area contributed by atoms with Gasteiger partial charge in [-0.15, -0.1) is 0 Å². The van der Waals surface area contributed by atoms with E-state index in [0.717, 1.165) is 12.2 Å². The topological polar surface area (TPSA) is 47.0 Å². The van der Waals surface area contributed by atoms with Gasteiger partial charge in [-0.2, -0.15) is 0 Å². The van der Waals surface area contributed by atoms with E-state index in [4.69, 9.17) is 4.74 Å². The van der Waals surface area contributed by atoms with E-state index in [1.54, 1.807) is 12.4 Å². The van der Waals surface area contributed by atoms with E-state index in [0.29, 0.717) is 5.88 Å². The number of aromatic nitrogens is 2. The van der Waals surface area contributed by atoms with Crippen molar-refractivity contribution in [2.24, 2.45) is 0 Å². The zero-order valence-corrected chi connectivity index (χ0v) is 8.24. The summed E-state index contributed by atoms with van der Waals surface area (Å²) in [5.74, 6) is 0.616. The van der Waals surface area contributed by atoms with Crippen LogP contribution < -0.4 is 10.1 Å². The van der Waals surface area contributed by atoms with Gasteiger partial charge in [0.25, 0.3) is 0 Å². The van der Waals surface area contributed by atoms with E-state index in [1.165, 1.54) is 0 Å². The van der Waals surface area contributed by atoms with Gasteiger partial charge in [-0.05, 0) is 20.9 Å². The van der Waals surface area contributed by atoms with Crippen molar-refractivity contribution in [1.29, 1.82) is 0 Å². The fourth-order valence-corrected chi connectivity index (χ4v) is 1.03. The molecule has 0 aliphatic rings. The molecule has 0 aliphatic carbocycles. The van der Waals surface area contributed by atoms with Crippen molar-refractivity contribution in [3.63, 3.8) is 0 Å². The average Bonchev–Trinajstić information content (AvgIpc) is 2.09. The Bertz CT molecular complexity index is 265. The maximum atomic E-state index is 5.55. The highest BCUT2D eigenvalue weighted by Crippen LogP contribution is 2.10. The molecule has 72 valence electrons. The molecule has 0 saturated carbocycles. The minimum Gasteiger partial charge on any atom is -0.472 e. The van der Waals surface area contributed by atoms with E-state index in [1.807, 2.05) is 20.9 Å². The lowest BCUT2D eigenvalue weighted by molar-refractivity contribution is 0.209. The predicted octanol–water partition coefficient (Wildman–Crippen LogP) is 0.772. The Morgan fingerprint density at radius 2 is 2.15 bits per heavy atom. The molecule has 0 spiro atoms. The lowest BCUT2D eigenvalue weighted by Crippen LogP contribution is -2.26. The number of aryl methyl sites for hydroxylation is 1. The second-order valence-corrected chi connectivity index (χ2v) is 2.93. The van der Waals surface area contributed by atoms with Crippen LogP contribution in [-0.2, 0) is 0 Å². The maximum absolute atomic E-state index is 5.55. The molecular weight excluding hydrogens is 166 g/mol.